The van der Waals surface area contributed by atoms with Crippen molar-refractivity contribution in [2.24, 2.45) is 0 Å². The van der Waals surface area contributed by atoms with Crippen LogP contribution in [0.4, 0.5) is 0 Å². The Bertz CT molecular complexity index is 1100. The molecule has 0 saturated carbocycles. The van der Waals surface area contributed by atoms with Crippen molar-refractivity contribution >= 4 is 12.0 Å². The van der Waals surface area contributed by atoms with Crippen molar-refractivity contribution in [1.82, 2.24) is 0 Å². The number of methoxy groups -OCH3 is 2. The predicted molar refractivity (Wildman–Crippen MR) is 122 cm³/mol. The normalized spacial score (nSPS) is 17.9. The smallest absolute Gasteiger partial charge is 0.328 e. The van der Waals surface area contributed by atoms with Gasteiger partial charge in [-0.1, -0.05) is 54.6 Å². The summed E-state index contributed by atoms with van der Waals surface area (Å²) in [6.45, 7) is 0. The second-order valence-corrected chi connectivity index (χ2v) is 7.83. The van der Waals surface area contributed by atoms with Gasteiger partial charge in [-0.3, -0.25) is 0 Å². The molecule has 1 N–H and O–H groups in total. The van der Waals surface area contributed by atoms with Crippen LogP contribution in [0.1, 0.15) is 46.1 Å². The summed E-state index contributed by atoms with van der Waals surface area (Å²) in [5.74, 6) is 1.29. The van der Waals surface area contributed by atoms with E-state index in [1.165, 1.54) is 22.3 Å². The van der Waals surface area contributed by atoms with Gasteiger partial charge in [0, 0.05) is 18.1 Å². The lowest BCUT2D eigenvalue weighted by Gasteiger charge is -2.33. The maximum atomic E-state index is 10.8. The molecule has 4 heteroatoms. The summed E-state index contributed by atoms with van der Waals surface area (Å²) in [7, 11) is 3.37. The average Bonchev–Trinajstić information content (AvgIpc) is 2.82. The largest absolute Gasteiger partial charge is 0.497 e. The molecule has 31 heavy (non-hydrogen) atoms. The van der Waals surface area contributed by atoms with Crippen LogP contribution in [-0.4, -0.2) is 25.3 Å². The molecule has 0 aromatic heterocycles. The Labute approximate surface area is 182 Å². The topological polar surface area (TPSA) is 55.8 Å². The minimum atomic E-state index is -0.943. The van der Waals surface area contributed by atoms with Gasteiger partial charge in [0.15, 0.2) is 0 Å². The molecule has 0 aliphatic heterocycles. The standard InChI is InChI=1S/C27H26O4/c1-30-22-12-13-24(26(17-22)31-2)21-15-20-5-3-4-6-23(20)25(16-21)19-10-7-18(8-11-19)9-14-27(28)29/h3-14,17,21,25H,15-16H2,1-2H3,(H,28,29)/b14-9-. The van der Waals surface area contributed by atoms with E-state index in [1.54, 1.807) is 20.3 Å². The van der Waals surface area contributed by atoms with Crippen molar-refractivity contribution in [1.29, 1.82) is 0 Å². The molecule has 0 amide bonds. The fraction of sp³-hybridized carbons (Fsp3) is 0.222. The molecule has 2 atom stereocenters. The number of rotatable bonds is 6. The third-order valence-electron chi connectivity index (χ3n) is 6.05. The number of carbonyl (C=O) groups is 1. The van der Waals surface area contributed by atoms with E-state index >= 15 is 0 Å². The van der Waals surface area contributed by atoms with Gasteiger partial charge in [-0.15, -0.1) is 0 Å². The van der Waals surface area contributed by atoms with Crippen molar-refractivity contribution in [2.75, 3.05) is 14.2 Å². The molecule has 0 fully saturated rings. The van der Waals surface area contributed by atoms with Gasteiger partial charge >= 0.3 is 5.97 Å². The van der Waals surface area contributed by atoms with Crippen molar-refractivity contribution in [3.05, 3.63) is 101 Å². The van der Waals surface area contributed by atoms with Crippen LogP contribution in [0, 0.1) is 0 Å². The Morgan fingerprint density at radius 3 is 2.45 bits per heavy atom. The van der Waals surface area contributed by atoms with E-state index in [0.29, 0.717) is 5.92 Å². The highest BCUT2D eigenvalue weighted by atomic mass is 16.5. The fourth-order valence-corrected chi connectivity index (χ4v) is 4.54. The average molecular weight is 415 g/mol. The van der Waals surface area contributed by atoms with E-state index in [0.717, 1.165) is 36.0 Å². The first-order valence-corrected chi connectivity index (χ1v) is 10.4. The highest BCUT2D eigenvalue weighted by Gasteiger charge is 2.30. The molecular weight excluding hydrogens is 388 g/mol. The number of hydrogen-bond acceptors (Lipinski definition) is 3. The molecule has 1 aliphatic rings. The van der Waals surface area contributed by atoms with Gasteiger partial charge in [-0.05, 0) is 58.7 Å². The third kappa shape index (κ3) is 4.48. The van der Waals surface area contributed by atoms with Crippen molar-refractivity contribution in [2.45, 2.75) is 24.7 Å². The number of aliphatic carboxylic acids is 1. The van der Waals surface area contributed by atoms with Crippen LogP contribution in [0.3, 0.4) is 0 Å². The third-order valence-corrected chi connectivity index (χ3v) is 6.05. The number of fused-ring (bicyclic) bond motifs is 1. The first kappa shape index (κ1) is 20.7. The minimum absolute atomic E-state index is 0.263. The zero-order valence-electron chi connectivity index (χ0n) is 17.7. The molecule has 3 aromatic rings. The highest BCUT2D eigenvalue weighted by molar-refractivity contribution is 5.85. The number of ether oxygens (including phenoxy) is 2. The molecule has 158 valence electrons. The SMILES string of the molecule is COc1ccc(C2Cc3ccccc3C(c3ccc(/C=C\C(=O)O)cc3)C2)c(OC)c1. The van der Waals surface area contributed by atoms with E-state index in [2.05, 4.69) is 42.5 Å². The van der Waals surface area contributed by atoms with E-state index in [4.69, 9.17) is 14.6 Å². The number of hydrogen-bond donors (Lipinski definition) is 1. The quantitative estimate of drug-likeness (QED) is 0.529. The van der Waals surface area contributed by atoms with Gasteiger partial charge in [0.2, 0.25) is 0 Å². The molecule has 0 saturated heterocycles. The molecule has 0 heterocycles. The Morgan fingerprint density at radius 1 is 0.968 bits per heavy atom. The van der Waals surface area contributed by atoms with Crippen LogP contribution in [0.2, 0.25) is 0 Å². The minimum Gasteiger partial charge on any atom is -0.497 e. The van der Waals surface area contributed by atoms with Gasteiger partial charge in [-0.25, -0.2) is 4.79 Å². The zero-order valence-corrected chi connectivity index (χ0v) is 17.7. The maximum absolute atomic E-state index is 10.8. The van der Waals surface area contributed by atoms with E-state index in [1.807, 2.05) is 24.3 Å². The Balaban J connectivity index is 1.69. The molecule has 4 nitrogen and oxygen atoms in total. The van der Waals surface area contributed by atoms with Gasteiger partial charge in [0.1, 0.15) is 11.5 Å². The predicted octanol–water partition coefficient (Wildman–Crippen LogP) is 5.66. The van der Waals surface area contributed by atoms with Crippen LogP contribution in [0.5, 0.6) is 11.5 Å². The van der Waals surface area contributed by atoms with Crippen LogP contribution in [0.25, 0.3) is 6.08 Å². The summed E-state index contributed by atoms with van der Waals surface area (Å²) >= 11 is 0. The summed E-state index contributed by atoms with van der Waals surface area (Å²) < 4.78 is 11.1. The number of carboxylic acids is 1. The van der Waals surface area contributed by atoms with Gasteiger partial charge in [0.05, 0.1) is 14.2 Å². The summed E-state index contributed by atoms with van der Waals surface area (Å²) in [4.78, 5) is 10.8. The van der Waals surface area contributed by atoms with E-state index in [9.17, 15) is 4.79 Å². The molecule has 1 aliphatic carbocycles. The summed E-state index contributed by atoms with van der Waals surface area (Å²) in [6.07, 6.45) is 4.72. The van der Waals surface area contributed by atoms with Crippen molar-refractivity contribution in [3.63, 3.8) is 0 Å². The van der Waals surface area contributed by atoms with Crippen LogP contribution in [-0.2, 0) is 11.2 Å². The number of benzene rings is 3. The van der Waals surface area contributed by atoms with Crippen molar-refractivity contribution in [3.8, 4) is 11.5 Å². The Morgan fingerprint density at radius 2 is 1.74 bits per heavy atom. The molecule has 0 spiro atoms. The Kier molecular flexibility index (Phi) is 6.08. The van der Waals surface area contributed by atoms with Gasteiger partial charge in [0.25, 0.3) is 0 Å². The van der Waals surface area contributed by atoms with Crippen LogP contribution in [0.15, 0.2) is 72.8 Å². The maximum Gasteiger partial charge on any atom is 0.328 e. The lowest BCUT2D eigenvalue weighted by Crippen LogP contribution is -2.19. The van der Waals surface area contributed by atoms with Crippen molar-refractivity contribution < 1.29 is 19.4 Å². The lowest BCUT2D eigenvalue weighted by atomic mass is 9.71. The molecular formula is C27H26O4. The lowest BCUT2D eigenvalue weighted by molar-refractivity contribution is -0.131. The van der Waals surface area contributed by atoms with Gasteiger partial charge < -0.3 is 14.6 Å². The monoisotopic (exact) mass is 414 g/mol. The zero-order chi connectivity index (χ0) is 21.8. The van der Waals surface area contributed by atoms with E-state index in [-0.39, 0.29) is 5.92 Å². The second-order valence-electron chi connectivity index (χ2n) is 7.83. The summed E-state index contributed by atoms with van der Waals surface area (Å²) in [5.41, 5.74) is 6.03. The summed E-state index contributed by atoms with van der Waals surface area (Å²) in [5, 5.41) is 8.85. The molecule has 2 unspecified atom stereocenters. The second kappa shape index (κ2) is 9.09. The molecule has 0 bridgehead atoms. The summed E-state index contributed by atoms with van der Waals surface area (Å²) in [6, 6.07) is 22.9. The van der Waals surface area contributed by atoms with Crippen LogP contribution < -0.4 is 9.47 Å². The molecule has 3 aromatic carbocycles. The Hall–Kier alpha value is -3.53. The van der Waals surface area contributed by atoms with Gasteiger partial charge in [-0.2, -0.15) is 0 Å². The van der Waals surface area contributed by atoms with Crippen LogP contribution >= 0.6 is 0 Å². The first-order chi connectivity index (χ1) is 15.1. The number of carboxylic acid groups (broad SMARTS) is 1. The van der Waals surface area contributed by atoms with E-state index < -0.39 is 5.97 Å². The molecule has 0 radical (unpaired) electrons. The fourth-order valence-electron chi connectivity index (χ4n) is 4.54. The first-order valence-electron chi connectivity index (χ1n) is 10.4. The highest BCUT2D eigenvalue weighted by Crippen LogP contribution is 2.45. The molecule has 4 rings (SSSR count).